The maximum atomic E-state index is 10.9. The highest BCUT2D eigenvalue weighted by atomic mass is 79.9. The fraction of sp³-hybridized carbons (Fsp3) is 0.444. The van der Waals surface area contributed by atoms with Crippen LogP contribution < -0.4 is 0 Å². The summed E-state index contributed by atoms with van der Waals surface area (Å²) in [5.74, 6) is -0.937. The third-order valence-electron chi connectivity index (χ3n) is 1.57. The van der Waals surface area contributed by atoms with Gasteiger partial charge in [0.05, 0.1) is 3.79 Å². The fourth-order valence-corrected chi connectivity index (χ4v) is 2.45. The molecule has 0 amide bonds. The van der Waals surface area contributed by atoms with Gasteiger partial charge in [-0.25, -0.2) is 4.79 Å². The van der Waals surface area contributed by atoms with Crippen LogP contribution in [0.15, 0.2) is 15.9 Å². The second-order valence-corrected chi connectivity index (χ2v) is 5.23. The van der Waals surface area contributed by atoms with E-state index in [9.17, 15) is 4.79 Å². The summed E-state index contributed by atoms with van der Waals surface area (Å²) in [6.07, 6.45) is -0.0117. The van der Waals surface area contributed by atoms with Gasteiger partial charge in [0, 0.05) is 11.5 Å². The first-order valence-electron chi connectivity index (χ1n) is 4.24. The number of thiophene rings is 1. The minimum atomic E-state index is -0.937. The van der Waals surface area contributed by atoms with E-state index < -0.39 is 12.1 Å². The van der Waals surface area contributed by atoms with E-state index >= 15 is 0 Å². The highest BCUT2D eigenvalue weighted by Gasteiger charge is 2.21. The van der Waals surface area contributed by atoms with Gasteiger partial charge in [0.15, 0.2) is 6.10 Å². The molecule has 0 fully saturated rings. The number of carbonyl (C=O) groups is 1. The highest BCUT2D eigenvalue weighted by molar-refractivity contribution is 9.11. The third-order valence-corrected chi connectivity index (χ3v) is 3.23. The number of carboxylic acid groups (broad SMARTS) is 1. The average Bonchev–Trinajstić information content (AvgIpc) is 2.52. The van der Waals surface area contributed by atoms with Gasteiger partial charge in [0.1, 0.15) is 0 Å². The lowest BCUT2D eigenvalue weighted by Gasteiger charge is -2.10. The number of carboxylic acids is 1. The van der Waals surface area contributed by atoms with Gasteiger partial charge in [-0.1, -0.05) is 6.92 Å². The Labute approximate surface area is 94.8 Å². The molecule has 3 nitrogen and oxygen atoms in total. The zero-order chi connectivity index (χ0) is 10.6. The number of hydrogen-bond acceptors (Lipinski definition) is 3. The van der Waals surface area contributed by atoms with Crippen LogP contribution in [0.4, 0.5) is 0 Å². The van der Waals surface area contributed by atoms with Crippen molar-refractivity contribution in [1.82, 2.24) is 0 Å². The molecule has 1 N–H and O–H groups in total. The molecular formula is C9H11BrO3S. The lowest BCUT2D eigenvalue weighted by Crippen LogP contribution is -2.14. The molecule has 5 heteroatoms. The molecule has 78 valence electrons. The van der Waals surface area contributed by atoms with Crippen molar-refractivity contribution in [3.8, 4) is 0 Å². The molecule has 0 spiro atoms. The van der Waals surface area contributed by atoms with Crippen molar-refractivity contribution < 1.29 is 14.6 Å². The predicted octanol–water partition coefficient (Wildman–Crippen LogP) is 3.06. The Morgan fingerprint density at radius 1 is 1.71 bits per heavy atom. The second kappa shape index (κ2) is 5.48. The Balaban J connectivity index is 2.72. The van der Waals surface area contributed by atoms with Crippen molar-refractivity contribution in [3.63, 3.8) is 0 Å². The van der Waals surface area contributed by atoms with Gasteiger partial charge < -0.3 is 9.84 Å². The minimum Gasteiger partial charge on any atom is -0.479 e. The van der Waals surface area contributed by atoms with Crippen LogP contribution in [0, 0.1) is 0 Å². The first kappa shape index (κ1) is 11.7. The van der Waals surface area contributed by atoms with Gasteiger partial charge in [0.2, 0.25) is 0 Å². The molecule has 1 unspecified atom stereocenters. The Kier molecular flexibility index (Phi) is 4.57. The maximum Gasteiger partial charge on any atom is 0.338 e. The van der Waals surface area contributed by atoms with E-state index in [0.29, 0.717) is 6.61 Å². The van der Waals surface area contributed by atoms with Gasteiger partial charge in [-0.2, -0.15) is 0 Å². The molecule has 0 aromatic carbocycles. The van der Waals surface area contributed by atoms with Crippen LogP contribution in [0.3, 0.4) is 0 Å². The summed E-state index contributed by atoms with van der Waals surface area (Å²) in [6, 6.07) is 3.59. The van der Waals surface area contributed by atoms with Crippen molar-refractivity contribution >= 4 is 33.2 Å². The number of ether oxygens (including phenoxy) is 1. The van der Waals surface area contributed by atoms with E-state index in [1.54, 1.807) is 6.07 Å². The largest absolute Gasteiger partial charge is 0.479 e. The number of halogens is 1. The van der Waals surface area contributed by atoms with Gasteiger partial charge in [-0.3, -0.25) is 0 Å². The van der Waals surface area contributed by atoms with E-state index in [1.165, 1.54) is 11.3 Å². The second-order valence-electron chi connectivity index (χ2n) is 2.73. The van der Waals surface area contributed by atoms with Crippen LogP contribution in [0.5, 0.6) is 0 Å². The van der Waals surface area contributed by atoms with Crippen molar-refractivity contribution in [2.45, 2.75) is 19.4 Å². The Hall–Kier alpha value is -0.390. The van der Waals surface area contributed by atoms with Crippen molar-refractivity contribution in [3.05, 3.63) is 20.8 Å². The molecule has 14 heavy (non-hydrogen) atoms. The lowest BCUT2D eigenvalue weighted by atomic mass is 10.3. The highest BCUT2D eigenvalue weighted by Crippen LogP contribution is 2.29. The zero-order valence-electron chi connectivity index (χ0n) is 7.70. The Morgan fingerprint density at radius 2 is 2.43 bits per heavy atom. The van der Waals surface area contributed by atoms with Crippen molar-refractivity contribution in [1.29, 1.82) is 0 Å². The molecule has 1 rings (SSSR count). The summed E-state index contributed by atoms with van der Waals surface area (Å²) in [5, 5.41) is 8.93. The summed E-state index contributed by atoms with van der Waals surface area (Å²) in [6.45, 7) is 2.41. The molecule has 0 radical (unpaired) electrons. The molecule has 1 aromatic rings. The van der Waals surface area contributed by atoms with E-state index in [-0.39, 0.29) is 0 Å². The number of rotatable bonds is 5. The van der Waals surface area contributed by atoms with Gasteiger partial charge in [0.25, 0.3) is 0 Å². The molecule has 0 saturated heterocycles. The molecule has 0 aliphatic heterocycles. The first-order chi connectivity index (χ1) is 6.65. The topological polar surface area (TPSA) is 46.5 Å². The molecule has 1 aromatic heterocycles. The summed E-state index contributed by atoms with van der Waals surface area (Å²) in [7, 11) is 0. The van der Waals surface area contributed by atoms with Crippen LogP contribution in [-0.4, -0.2) is 17.7 Å². The van der Waals surface area contributed by atoms with Crippen LogP contribution in [0.2, 0.25) is 0 Å². The minimum absolute atomic E-state index is 0.465. The van der Waals surface area contributed by atoms with Gasteiger partial charge >= 0.3 is 5.97 Å². The van der Waals surface area contributed by atoms with Crippen LogP contribution >= 0.6 is 27.3 Å². The van der Waals surface area contributed by atoms with Gasteiger partial charge in [-0.15, -0.1) is 11.3 Å². The van der Waals surface area contributed by atoms with Crippen molar-refractivity contribution in [2.75, 3.05) is 6.61 Å². The molecule has 0 bridgehead atoms. The summed E-state index contributed by atoms with van der Waals surface area (Å²) >= 11 is 4.67. The predicted molar refractivity (Wildman–Crippen MR) is 58.6 cm³/mol. The van der Waals surface area contributed by atoms with Crippen molar-refractivity contribution in [2.24, 2.45) is 0 Å². The molecule has 0 saturated carbocycles. The molecule has 0 aliphatic carbocycles. The summed E-state index contributed by atoms with van der Waals surface area (Å²) in [5.41, 5.74) is 0. The number of aliphatic carboxylic acids is 1. The van der Waals surface area contributed by atoms with Crippen LogP contribution in [0.25, 0.3) is 0 Å². The molecule has 1 atom stereocenters. The standard InChI is InChI=1S/C9H11BrO3S/c1-2-5-13-8(9(11)12)6-3-4-7(10)14-6/h3-4,8H,2,5H2,1H3,(H,11,12). The monoisotopic (exact) mass is 278 g/mol. The Bertz CT molecular complexity index is 311. The molecule has 1 heterocycles. The van der Waals surface area contributed by atoms with Crippen LogP contribution in [0.1, 0.15) is 24.3 Å². The number of hydrogen-bond donors (Lipinski definition) is 1. The van der Waals surface area contributed by atoms with E-state index in [4.69, 9.17) is 9.84 Å². The fourth-order valence-electron chi connectivity index (χ4n) is 0.980. The SMILES string of the molecule is CCCOC(C(=O)O)c1ccc(Br)s1. The normalized spacial score (nSPS) is 12.7. The molecule has 0 aliphatic rings. The average molecular weight is 279 g/mol. The molecular weight excluding hydrogens is 268 g/mol. The van der Waals surface area contributed by atoms with Crippen LogP contribution in [-0.2, 0) is 9.53 Å². The zero-order valence-corrected chi connectivity index (χ0v) is 10.1. The third kappa shape index (κ3) is 3.08. The summed E-state index contributed by atoms with van der Waals surface area (Å²) in [4.78, 5) is 11.6. The Morgan fingerprint density at radius 3 is 2.86 bits per heavy atom. The smallest absolute Gasteiger partial charge is 0.338 e. The van der Waals surface area contributed by atoms with E-state index in [1.807, 2.05) is 13.0 Å². The quantitative estimate of drug-likeness (QED) is 0.901. The van der Waals surface area contributed by atoms with E-state index in [2.05, 4.69) is 15.9 Å². The summed E-state index contributed by atoms with van der Waals surface area (Å²) < 4.78 is 6.16. The van der Waals surface area contributed by atoms with Gasteiger partial charge in [-0.05, 0) is 34.5 Å². The maximum absolute atomic E-state index is 10.9. The van der Waals surface area contributed by atoms with E-state index in [0.717, 1.165) is 15.1 Å². The lowest BCUT2D eigenvalue weighted by molar-refractivity contribution is -0.150. The first-order valence-corrected chi connectivity index (χ1v) is 5.85.